The number of benzene rings is 1. The van der Waals surface area contributed by atoms with Crippen molar-refractivity contribution in [3.8, 4) is 0 Å². The largest absolute Gasteiger partial charge is 0.385 e. The summed E-state index contributed by atoms with van der Waals surface area (Å²) in [5.41, 5.74) is 8.39. The van der Waals surface area contributed by atoms with Gasteiger partial charge in [0.25, 0.3) is 0 Å². The Morgan fingerprint density at radius 1 is 1.09 bits per heavy atom. The van der Waals surface area contributed by atoms with Gasteiger partial charge in [-0.2, -0.15) is 0 Å². The lowest BCUT2D eigenvalue weighted by Gasteiger charge is -2.29. The molecule has 3 rings (SSSR count). The molecule has 2 aliphatic rings. The van der Waals surface area contributed by atoms with Crippen molar-refractivity contribution in [2.75, 3.05) is 41.4 Å². The Balaban J connectivity index is 1.48. The fourth-order valence-corrected chi connectivity index (χ4v) is 4.39. The zero-order valence-corrected chi connectivity index (χ0v) is 14.0. The summed E-state index contributed by atoms with van der Waals surface area (Å²) in [5.74, 6) is 2.35. The molecule has 0 unspecified atom stereocenters. The highest BCUT2D eigenvalue weighted by atomic mass is 32.2. The van der Waals surface area contributed by atoms with Gasteiger partial charge in [0.2, 0.25) is 0 Å². The zero-order valence-electron chi connectivity index (χ0n) is 13.2. The summed E-state index contributed by atoms with van der Waals surface area (Å²) in [7, 11) is -0.611. The Hall–Kier alpha value is -1.07. The molecule has 0 spiro atoms. The highest BCUT2D eigenvalue weighted by Gasteiger charge is 2.18. The molecule has 1 saturated carbocycles. The maximum Gasteiger partial charge on any atom is 0.0411 e. The van der Waals surface area contributed by atoms with E-state index in [0.29, 0.717) is 6.04 Å². The lowest BCUT2D eigenvalue weighted by molar-refractivity contribution is 0.339. The van der Waals surface area contributed by atoms with Gasteiger partial charge in [0.15, 0.2) is 0 Å². The van der Waals surface area contributed by atoms with Gasteiger partial charge in [-0.05, 0) is 55.9 Å². The Bertz CT molecular complexity index is 487. The van der Waals surface area contributed by atoms with E-state index < -0.39 is 10.8 Å². The van der Waals surface area contributed by atoms with Crippen LogP contribution in [-0.2, 0) is 10.8 Å². The van der Waals surface area contributed by atoms with Crippen molar-refractivity contribution < 1.29 is 4.21 Å². The standard InChI is InChI=1S/C17H27N3OS/c18-15-3-1-14(2-4-15)13-19-16-5-7-17(8-6-16)20-9-11-22(21)12-10-20/h5-8,14-15,19H,1-4,9-13,18H2. The molecule has 1 aromatic rings. The Kier molecular flexibility index (Phi) is 5.37. The monoisotopic (exact) mass is 321 g/mol. The molecule has 1 saturated heterocycles. The van der Waals surface area contributed by atoms with Crippen molar-refractivity contribution in [3.63, 3.8) is 0 Å². The first kappa shape index (κ1) is 15.8. The van der Waals surface area contributed by atoms with Crippen LogP contribution in [0, 0.1) is 5.92 Å². The van der Waals surface area contributed by atoms with Gasteiger partial charge in [0.1, 0.15) is 0 Å². The summed E-state index contributed by atoms with van der Waals surface area (Å²) >= 11 is 0. The van der Waals surface area contributed by atoms with Crippen LogP contribution in [0.3, 0.4) is 0 Å². The summed E-state index contributed by atoms with van der Waals surface area (Å²) in [4.78, 5) is 2.33. The predicted octanol–water partition coefficient (Wildman–Crippen LogP) is 2.18. The summed E-state index contributed by atoms with van der Waals surface area (Å²) in [6.45, 7) is 2.86. The molecule has 5 heteroatoms. The van der Waals surface area contributed by atoms with Crippen LogP contribution >= 0.6 is 0 Å². The topological polar surface area (TPSA) is 58.4 Å². The molecule has 2 fully saturated rings. The Morgan fingerprint density at radius 2 is 1.73 bits per heavy atom. The van der Waals surface area contributed by atoms with Crippen molar-refractivity contribution >= 4 is 22.2 Å². The van der Waals surface area contributed by atoms with Crippen molar-refractivity contribution in [1.82, 2.24) is 0 Å². The molecule has 0 bridgehead atoms. The lowest BCUT2D eigenvalue weighted by atomic mass is 9.86. The molecular formula is C17H27N3OS. The van der Waals surface area contributed by atoms with Crippen LogP contribution in [-0.4, -0.2) is 41.4 Å². The lowest BCUT2D eigenvalue weighted by Crippen LogP contribution is -2.37. The molecule has 4 nitrogen and oxygen atoms in total. The highest BCUT2D eigenvalue weighted by molar-refractivity contribution is 7.85. The minimum atomic E-state index is -0.611. The number of hydrogen-bond donors (Lipinski definition) is 2. The van der Waals surface area contributed by atoms with Crippen LogP contribution in [0.15, 0.2) is 24.3 Å². The van der Waals surface area contributed by atoms with E-state index in [0.717, 1.165) is 37.1 Å². The van der Waals surface area contributed by atoms with E-state index in [1.165, 1.54) is 37.1 Å². The molecule has 1 aliphatic heterocycles. The van der Waals surface area contributed by atoms with Gasteiger partial charge in [0.05, 0.1) is 0 Å². The van der Waals surface area contributed by atoms with Crippen molar-refractivity contribution in [2.45, 2.75) is 31.7 Å². The molecule has 0 atom stereocenters. The molecule has 3 N–H and O–H groups in total. The van der Waals surface area contributed by atoms with Gasteiger partial charge in [0, 0.05) is 59.4 Å². The number of nitrogens with two attached hydrogens (primary N) is 1. The zero-order chi connectivity index (χ0) is 15.4. The molecule has 1 aromatic carbocycles. The Labute approximate surface area is 135 Å². The van der Waals surface area contributed by atoms with E-state index in [2.05, 4.69) is 34.5 Å². The third kappa shape index (κ3) is 4.23. The van der Waals surface area contributed by atoms with Gasteiger partial charge in [-0.3, -0.25) is 4.21 Å². The Morgan fingerprint density at radius 3 is 2.36 bits per heavy atom. The van der Waals surface area contributed by atoms with Crippen molar-refractivity contribution in [2.24, 2.45) is 11.7 Å². The number of rotatable bonds is 4. The predicted molar refractivity (Wildman–Crippen MR) is 95.0 cm³/mol. The number of nitrogens with one attached hydrogen (secondary N) is 1. The van der Waals surface area contributed by atoms with Gasteiger partial charge in [-0.1, -0.05) is 0 Å². The number of hydrogen-bond acceptors (Lipinski definition) is 4. The highest BCUT2D eigenvalue weighted by Crippen LogP contribution is 2.24. The van der Waals surface area contributed by atoms with Gasteiger partial charge < -0.3 is 16.0 Å². The average Bonchev–Trinajstić information content (AvgIpc) is 2.56. The molecule has 0 radical (unpaired) electrons. The number of anilines is 2. The van der Waals surface area contributed by atoms with Crippen molar-refractivity contribution in [3.05, 3.63) is 24.3 Å². The molecule has 0 amide bonds. The smallest absolute Gasteiger partial charge is 0.0411 e. The van der Waals surface area contributed by atoms with Crippen LogP contribution in [0.2, 0.25) is 0 Å². The van der Waals surface area contributed by atoms with Crippen LogP contribution in [0.1, 0.15) is 25.7 Å². The van der Waals surface area contributed by atoms with E-state index in [-0.39, 0.29) is 0 Å². The summed E-state index contributed by atoms with van der Waals surface area (Å²) < 4.78 is 11.4. The minimum absolute atomic E-state index is 0.425. The first-order valence-corrected chi connectivity index (χ1v) is 9.89. The average molecular weight is 321 g/mol. The molecule has 1 heterocycles. The van der Waals surface area contributed by atoms with Gasteiger partial charge in [-0.25, -0.2) is 0 Å². The van der Waals surface area contributed by atoms with Crippen LogP contribution in [0.25, 0.3) is 0 Å². The maximum absolute atomic E-state index is 11.4. The fraction of sp³-hybridized carbons (Fsp3) is 0.647. The molecule has 122 valence electrons. The SMILES string of the molecule is NC1CCC(CNc2ccc(N3CCS(=O)CC3)cc2)CC1. The third-order valence-electron chi connectivity index (χ3n) is 4.90. The first-order chi connectivity index (χ1) is 10.7. The summed E-state index contributed by atoms with van der Waals surface area (Å²) in [5, 5.41) is 3.56. The van der Waals surface area contributed by atoms with E-state index in [1.807, 2.05) is 0 Å². The van der Waals surface area contributed by atoms with E-state index in [9.17, 15) is 4.21 Å². The van der Waals surface area contributed by atoms with Crippen LogP contribution in [0.4, 0.5) is 11.4 Å². The van der Waals surface area contributed by atoms with Crippen LogP contribution < -0.4 is 16.0 Å². The number of nitrogens with zero attached hydrogens (tertiary/aromatic N) is 1. The second-order valence-corrected chi connectivity index (χ2v) is 8.24. The fourth-order valence-electron chi connectivity index (χ4n) is 3.34. The molecule has 0 aromatic heterocycles. The van der Waals surface area contributed by atoms with Crippen molar-refractivity contribution in [1.29, 1.82) is 0 Å². The van der Waals surface area contributed by atoms with Gasteiger partial charge in [-0.15, -0.1) is 0 Å². The van der Waals surface area contributed by atoms with E-state index >= 15 is 0 Å². The van der Waals surface area contributed by atoms with Crippen LogP contribution in [0.5, 0.6) is 0 Å². The molecule has 1 aliphatic carbocycles. The molecular weight excluding hydrogens is 294 g/mol. The van der Waals surface area contributed by atoms with E-state index in [4.69, 9.17) is 5.73 Å². The molecule has 22 heavy (non-hydrogen) atoms. The summed E-state index contributed by atoms with van der Waals surface area (Å²) in [6.07, 6.45) is 4.83. The third-order valence-corrected chi connectivity index (χ3v) is 6.17. The van der Waals surface area contributed by atoms with E-state index in [1.54, 1.807) is 0 Å². The van der Waals surface area contributed by atoms with Gasteiger partial charge >= 0.3 is 0 Å². The quantitative estimate of drug-likeness (QED) is 0.892. The summed E-state index contributed by atoms with van der Waals surface area (Å²) in [6, 6.07) is 9.10. The minimum Gasteiger partial charge on any atom is -0.385 e. The second-order valence-electron chi connectivity index (χ2n) is 6.54. The first-order valence-electron chi connectivity index (χ1n) is 8.40. The normalized spacial score (nSPS) is 26.9. The maximum atomic E-state index is 11.4. The second kappa shape index (κ2) is 7.47.